The van der Waals surface area contributed by atoms with Crippen LogP contribution in [-0.4, -0.2) is 6.04 Å². The van der Waals surface area contributed by atoms with Crippen molar-refractivity contribution >= 4 is 11.4 Å². The zero-order valence-corrected chi connectivity index (χ0v) is 10.9. The van der Waals surface area contributed by atoms with Gasteiger partial charge in [-0.3, -0.25) is 0 Å². The summed E-state index contributed by atoms with van der Waals surface area (Å²) in [5.41, 5.74) is 7.87. The molecule has 0 radical (unpaired) electrons. The fourth-order valence-corrected chi connectivity index (χ4v) is 2.84. The third-order valence-electron chi connectivity index (χ3n) is 3.96. The number of anilines is 2. The molecule has 1 aromatic rings. The highest BCUT2D eigenvalue weighted by Crippen LogP contribution is 2.30. The number of nitrogens with two attached hydrogens (primary N) is 1. The van der Waals surface area contributed by atoms with Crippen molar-refractivity contribution in [3.63, 3.8) is 0 Å². The highest BCUT2D eigenvalue weighted by Gasteiger charge is 2.23. The summed E-state index contributed by atoms with van der Waals surface area (Å²) in [4.78, 5) is 0. The minimum atomic E-state index is 0.541. The van der Waals surface area contributed by atoms with Gasteiger partial charge in [-0.25, -0.2) is 0 Å². The molecule has 0 aliphatic heterocycles. The van der Waals surface area contributed by atoms with Crippen LogP contribution in [0.4, 0.5) is 11.4 Å². The van der Waals surface area contributed by atoms with Crippen molar-refractivity contribution in [3.8, 4) is 6.07 Å². The van der Waals surface area contributed by atoms with Gasteiger partial charge in [0.05, 0.1) is 5.56 Å². The van der Waals surface area contributed by atoms with E-state index in [1.807, 2.05) is 18.2 Å². The summed E-state index contributed by atoms with van der Waals surface area (Å²) < 4.78 is 0. The molecule has 0 bridgehead atoms. The Labute approximate surface area is 109 Å². The van der Waals surface area contributed by atoms with Gasteiger partial charge in [-0.05, 0) is 37.0 Å². The number of nitrogen functional groups attached to an aromatic ring is 1. The van der Waals surface area contributed by atoms with E-state index in [-0.39, 0.29) is 0 Å². The standard InChI is InChI=1S/C15H21N3/c1-2-11-5-3-4-6-15(11)18-13-7-8-14(17)12(9-13)10-16/h7-9,11,15,18H,2-6,17H2,1H3. The fourth-order valence-electron chi connectivity index (χ4n) is 2.84. The number of nitrogens with one attached hydrogen (secondary N) is 1. The molecule has 0 saturated heterocycles. The molecular weight excluding hydrogens is 222 g/mol. The molecule has 1 fully saturated rings. The fraction of sp³-hybridized carbons (Fsp3) is 0.533. The molecule has 1 aliphatic carbocycles. The van der Waals surface area contributed by atoms with Crippen LogP contribution in [0.15, 0.2) is 18.2 Å². The minimum Gasteiger partial charge on any atom is -0.398 e. The lowest BCUT2D eigenvalue weighted by Crippen LogP contribution is -2.31. The van der Waals surface area contributed by atoms with Crippen LogP contribution in [0.1, 0.15) is 44.6 Å². The van der Waals surface area contributed by atoms with Crippen molar-refractivity contribution in [3.05, 3.63) is 23.8 Å². The van der Waals surface area contributed by atoms with Crippen LogP contribution in [0.2, 0.25) is 0 Å². The summed E-state index contributed by atoms with van der Waals surface area (Å²) in [7, 11) is 0. The van der Waals surface area contributed by atoms with Crippen LogP contribution < -0.4 is 11.1 Å². The van der Waals surface area contributed by atoms with Gasteiger partial charge >= 0.3 is 0 Å². The van der Waals surface area contributed by atoms with E-state index in [9.17, 15) is 0 Å². The Morgan fingerprint density at radius 1 is 1.39 bits per heavy atom. The van der Waals surface area contributed by atoms with Gasteiger partial charge in [0.25, 0.3) is 0 Å². The first kappa shape index (κ1) is 12.8. The molecule has 0 spiro atoms. The monoisotopic (exact) mass is 243 g/mol. The van der Waals surface area contributed by atoms with E-state index in [0.717, 1.165) is 11.6 Å². The molecule has 3 heteroatoms. The highest BCUT2D eigenvalue weighted by atomic mass is 14.9. The van der Waals surface area contributed by atoms with E-state index in [2.05, 4.69) is 18.3 Å². The first-order valence-electron chi connectivity index (χ1n) is 6.80. The third kappa shape index (κ3) is 2.76. The van der Waals surface area contributed by atoms with Gasteiger partial charge in [-0.1, -0.05) is 26.2 Å². The maximum absolute atomic E-state index is 8.99. The van der Waals surface area contributed by atoms with Gasteiger partial charge in [0.2, 0.25) is 0 Å². The topological polar surface area (TPSA) is 61.8 Å². The molecule has 18 heavy (non-hydrogen) atoms. The summed E-state index contributed by atoms with van der Waals surface area (Å²) in [5, 5.41) is 12.6. The largest absolute Gasteiger partial charge is 0.398 e. The van der Waals surface area contributed by atoms with Crippen LogP contribution in [-0.2, 0) is 0 Å². The van der Waals surface area contributed by atoms with Gasteiger partial charge < -0.3 is 11.1 Å². The minimum absolute atomic E-state index is 0.541. The Bertz CT molecular complexity index is 448. The molecule has 1 saturated carbocycles. The van der Waals surface area contributed by atoms with Crippen molar-refractivity contribution < 1.29 is 0 Å². The molecule has 1 aliphatic rings. The predicted molar refractivity (Wildman–Crippen MR) is 75.2 cm³/mol. The lowest BCUT2D eigenvalue weighted by molar-refractivity contribution is 0.317. The molecule has 96 valence electrons. The third-order valence-corrected chi connectivity index (χ3v) is 3.96. The van der Waals surface area contributed by atoms with Gasteiger partial charge in [0.1, 0.15) is 6.07 Å². The van der Waals surface area contributed by atoms with Crippen LogP contribution in [0.3, 0.4) is 0 Å². The zero-order valence-electron chi connectivity index (χ0n) is 10.9. The quantitative estimate of drug-likeness (QED) is 0.798. The summed E-state index contributed by atoms with van der Waals surface area (Å²) >= 11 is 0. The number of hydrogen-bond donors (Lipinski definition) is 2. The van der Waals surface area contributed by atoms with E-state index >= 15 is 0 Å². The average Bonchev–Trinajstić information content (AvgIpc) is 2.41. The summed E-state index contributed by atoms with van der Waals surface area (Å²) in [5.74, 6) is 0.752. The molecule has 2 unspecified atom stereocenters. The molecule has 0 aromatic heterocycles. The second-order valence-corrected chi connectivity index (χ2v) is 5.12. The second kappa shape index (κ2) is 5.77. The molecular formula is C15H21N3. The van der Waals surface area contributed by atoms with Gasteiger partial charge in [0, 0.05) is 17.4 Å². The smallest absolute Gasteiger partial charge is 0.101 e. The van der Waals surface area contributed by atoms with Crippen molar-refractivity contribution in [2.75, 3.05) is 11.1 Å². The van der Waals surface area contributed by atoms with Gasteiger partial charge in [0.15, 0.2) is 0 Å². The maximum atomic E-state index is 8.99. The lowest BCUT2D eigenvalue weighted by Gasteiger charge is -2.32. The Balaban J connectivity index is 2.11. The SMILES string of the molecule is CCC1CCCCC1Nc1ccc(N)c(C#N)c1. The molecule has 0 heterocycles. The predicted octanol–water partition coefficient (Wildman–Crippen LogP) is 3.52. The lowest BCUT2D eigenvalue weighted by atomic mass is 9.83. The molecule has 3 N–H and O–H groups in total. The Hall–Kier alpha value is -1.69. The zero-order chi connectivity index (χ0) is 13.0. The summed E-state index contributed by atoms with van der Waals surface area (Å²) in [6, 6.07) is 8.31. The highest BCUT2D eigenvalue weighted by molar-refractivity contribution is 5.62. The van der Waals surface area contributed by atoms with Crippen LogP contribution >= 0.6 is 0 Å². The van der Waals surface area contributed by atoms with E-state index in [1.54, 1.807) is 0 Å². The van der Waals surface area contributed by atoms with Crippen molar-refractivity contribution in [2.24, 2.45) is 5.92 Å². The van der Waals surface area contributed by atoms with E-state index < -0.39 is 0 Å². The molecule has 2 atom stereocenters. The van der Waals surface area contributed by atoms with E-state index in [4.69, 9.17) is 11.0 Å². The maximum Gasteiger partial charge on any atom is 0.101 e. The van der Waals surface area contributed by atoms with E-state index in [1.165, 1.54) is 32.1 Å². The number of benzene rings is 1. The molecule has 0 amide bonds. The number of nitriles is 1. The second-order valence-electron chi connectivity index (χ2n) is 5.12. The number of rotatable bonds is 3. The molecule has 3 nitrogen and oxygen atoms in total. The van der Waals surface area contributed by atoms with Gasteiger partial charge in [-0.15, -0.1) is 0 Å². The number of nitrogens with zero attached hydrogens (tertiary/aromatic N) is 1. The Morgan fingerprint density at radius 3 is 2.89 bits per heavy atom. The first-order chi connectivity index (χ1) is 8.74. The van der Waals surface area contributed by atoms with Crippen molar-refractivity contribution in [2.45, 2.75) is 45.1 Å². The van der Waals surface area contributed by atoms with Gasteiger partial charge in [-0.2, -0.15) is 5.26 Å². The average molecular weight is 243 g/mol. The Kier molecular flexibility index (Phi) is 4.09. The Morgan fingerprint density at radius 2 is 2.17 bits per heavy atom. The van der Waals surface area contributed by atoms with Crippen LogP contribution in [0.25, 0.3) is 0 Å². The summed E-state index contributed by atoms with van der Waals surface area (Å²) in [6.07, 6.45) is 6.41. The van der Waals surface area contributed by atoms with Crippen molar-refractivity contribution in [1.82, 2.24) is 0 Å². The molecule has 2 rings (SSSR count). The molecule has 1 aromatic carbocycles. The van der Waals surface area contributed by atoms with E-state index in [0.29, 0.717) is 17.3 Å². The normalized spacial score (nSPS) is 23.3. The van der Waals surface area contributed by atoms with Crippen LogP contribution in [0, 0.1) is 17.2 Å². The summed E-state index contributed by atoms with van der Waals surface area (Å²) in [6.45, 7) is 2.26. The first-order valence-corrected chi connectivity index (χ1v) is 6.80. The van der Waals surface area contributed by atoms with Crippen molar-refractivity contribution in [1.29, 1.82) is 5.26 Å². The van der Waals surface area contributed by atoms with Crippen LogP contribution in [0.5, 0.6) is 0 Å². The number of hydrogen-bond acceptors (Lipinski definition) is 3.